The van der Waals surface area contributed by atoms with Crippen molar-refractivity contribution in [1.82, 2.24) is 5.43 Å². The molecule has 9 nitrogen and oxygen atoms in total. The number of nitro groups is 1. The summed E-state index contributed by atoms with van der Waals surface area (Å²) in [5, 5.41) is 15.0. The lowest BCUT2D eigenvalue weighted by Gasteiger charge is -2.06. The average Bonchev–Trinajstić information content (AvgIpc) is 3.22. The van der Waals surface area contributed by atoms with E-state index in [0.717, 1.165) is 6.07 Å². The standard InChI is InChI=1S/C20H14ClN3O6/c1-29-20(26)16-7-5-13(21)10-17(16)18-8-6-15(30-18)11-22-23-19(25)12-3-2-4-14(9-12)24(27)28/h2-11H,1H3,(H,23,25)/b22-11-. The lowest BCUT2D eigenvalue weighted by atomic mass is 10.1. The van der Waals surface area contributed by atoms with Crippen LogP contribution < -0.4 is 5.43 Å². The van der Waals surface area contributed by atoms with Gasteiger partial charge in [-0.3, -0.25) is 14.9 Å². The van der Waals surface area contributed by atoms with Gasteiger partial charge in [-0.2, -0.15) is 5.10 Å². The van der Waals surface area contributed by atoms with E-state index < -0.39 is 16.8 Å². The van der Waals surface area contributed by atoms with Crippen LogP contribution in [-0.2, 0) is 4.74 Å². The minimum atomic E-state index is -0.621. The number of carbonyl (C=O) groups is 2. The molecule has 10 heteroatoms. The van der Waals surface area contributed by atoms with Crippen molar-refractivity contribution in [1.29, 1.82) is 0 Å². The molecule has 1 heterocycles. The Kier molecular flexibility index (Phi) is 6.23. The number of benzene rings is 2. The van der Waals surface area contributed by atoms with Gasteiger partial charge in [0.1, 0.15) is 11.5 Å². The molecule has 0 radical (unpaired) electrons. The van der Waals surface area contributed by atoms with E-state index in [0.29, 0.717) is 22.1 Å². The molecule has 2 aromatic carbocycles. The maximum absolute atomic E-state index is 12.1. The smallest absolute Gasteiger partial charge is 0.338 e. The summed E-state index contributed by atoms with van der Waals surface area (Å²) >= 11 is 6.02. The molecule has 30 heavy (non-hydrogen) atoms. The first-order valence-electron chi connectivity index (χ1n) is 8.45. The molecule has 0 bridgehead atoms. The Morgan fingerprint density at radius 2 is 2.00 bits per heavy atom. The van der Waals surface area contributed by atoms with Crippen LogP contribution >= 0.6 is 11.6 Å². The molecule has 0 unspecified atom stereocenters. The summed E-state index contributed by atoms with van der Waals surface area (Å²) in [7, 11) is 1.27. The van der Waals surface area contributed by atoms with Crippen molar-refractivity contribution in [2.24, 2.45) is 5.10 Å². The minimum Gasteiger partial charge on any atom is -0.465 e. The summed E-state index contributed by atoms with van der Waals surface area (Å²) in [6, 6.07) is 13.1. The van der Waals surface area contributed by atoms with Gasteiger partial charge in [0.2, 0.25) is 0 Å². The van der Waals surface area contributed by atoms with Crippen molar-refractivity contribution in [2.75, 3.05) is 7.11 Å². The third-order valence-electron chi connectivity index (χ3n) is 3.96. The Morgan fingerprint density at radius 3 is 2.73 bits per heavy atom. The van der Waals surface area contributed by atoms with E-state index in [9.17, 15) is 19.7 Å². The molecular weight excluding hydrogens is 414 g/mol. The highest BCUT2D eigenvalue weighted by Crippen LogP contribution is 2.29. The van der Waals surface area contributed by atoms with Gasteiger partial charge in [0.15, 0.2) is 0 Å². The fourth-order valence-corrected chi connectivity index (χ4v) is 2.73. The number of furan rings is 1. The number of ether oxygens (including phenoxy) is 1. The van der Waals surface area contributed by atoms with Gasteiger partial charge in [-0.15, -0.1) is 0 Å². The van der Waals surface area contributed by atoms with Crippen LogP contribution in [0.5, 0.6) is 0 Å². The van der Waals surface area contributed by atoms with Crippen molar-refractivity contribution in [3.05, 3.63) is 86.6 Å². The molecule has 152 valence electrons. The first kappa shape index (κ1) is 20.7. The number of nitrogens with one attached hydrogen (secondary N) is 1. The number of esters is 1. The third kappa shape index (κ3) is 4.70. The molecule has 3 aromatic rings. The highest BCUT2D eigenvalue weighted by Gasteiger charge is 2.16. The van der Waals surface area contributed by atoms with Crippen LogP contribution in [0.15, 0.2) is 64.1 Å². The SMILES string of the molecule is COC(=O)c1ccc(Cl)cc1-c1ccc(/C=N\NC(=O)c2cccc([N+](=O)[O-])c2)o1. The number of amides is 1. The summed E-state index contributed by atoms with van der Waals surface area (Å²) < 4.78 is 10.4. The average molecular weight is 428 g/mol. The van der Waals surface area contributed by atoms with E-state index in [1.54, 1.807) is 24.3 Å². The largest absolute Gasteiger partial charge is 0.465 e. The van der Waals surface area contributed by atoms with Crippen molar-refractivity contribution in [3.8, 4) is 11.3 Å². The van der Waals surface area contributed by atoms with E-state index in [-0.39, 0.29) is 16.8 Å². The molecule has 0 saturated heterocycles. The summed E-state index contributed by atoms with van der Waals surface area (Å²) in [6.45, 7) is 0. The Labute approximate surface area is 175 Å². The Bertz CT molecular complexity index is 1150. The predicted molar refractivity (Wildman–Crippen MR) is 109 cm³/mol. The molecule has 0 atom stereocenters. The van der Waals surface area contributed by atoms with Gasteiger partial charge in [0.05, 0.1) is 23.8 Å². The highest BCUT2D eigenvalue weighted by atomic mass is 35.5. The summed E-state index contributed by atoms with van der Waals surface area (Å²) in [4.78, 5) is 34.2. The van der Waals surface area contributed by atoms with Crippen LogP contribution in [0, 0.1) is 10.1 Å². The monoisotopic (exact) mass is 427 g/mol. The fraction of sp³-hybridized carbons (Fsp3) is 0.0500. The second-order valence-corrected chi connectivity index (χ2v) is 6.33. The quantitative estimate of drug-likeness (QED) is 0.274. The molecule has 0 fully saturated rings. The number of hydrogen-bond acceptors (Lipinski definition) is 7. The van der Waals surface area contributed by atoms with Crippen LogP contribution in [0.3, 0.4) is 0 Å². The molecule has 1 amide bonds. The number of hydrogen-bond donors (Lipinski definition) is 1. The number of hydrazone groups is 1. The molecule has 0 saturated carbocycles. The van der Waals surface area contributed by atoms with Crippen LogP contribution in [0.4, 0.5) is 5.69 Å². The topological polar surface area (TPSA) is 124 Å². The van der Waals surface area contributed by atoms with Gasteiger partial charge in [0.25, 0.3) is 11.6 Å². The highest BCUT2D eigenvalue weighted by molar-refractivity contribution is 6.31. The molecule has 0 aliphatic rings. The molecule has 0 spiro atoms. The van der Waals surface area contributed by atoms with E-state index in [4.69, 9.17) is 20.8 Å². The number of rotatable bonds is 6. The van der Waals surface area contributed by atoms with Gasteiger partial charge < -0.3 is 9.15 Å². The number of non-ortho nitro benzene ring substituents is 1. The lowest BCUT2D eigenvalue weighted by molar-refractivity contribution is -0.384. The van der Waals surface area contributed by atoms with Gasteiger partial charge in [0, 0.05) is 28.3 Å². The summed E-state index contributed by atoms with van der Waals surface area (Å²) in [5.41, 5.74) is 2.86. The molecule has 1 aromatic heterocycles. The summed E-state index contributed by atoms with van der Waals surface area (Å²) in [5.74, 6) is -0.522. The van der Waals surface area contributed by atoms with Crippen LogP contribution in [0.1, 0.15) is 26.5 Å². The van der Waals surface area contributed by atoms with Gasteiger partial charge in [-0.1, -0.05) is 17.7 Å². The van der Waals surface area contributed by atoms with Gasteiger partial charge >= 0.3 is 5.97 Å². The zero-order valence-corrected chi connectivity index (χ0v) is 16.3. The van der Waals surface area contributed by atoms with E-state index in [1.807, 2.05) is 0 Å². The first-order chi connectivity index (χ1) is 14.4. The third-order valence-corrected chi connectivity index (χ3v) is 4.19. The Hall–Kier alpha value is -3.98. The summed E-state index contributed by atoms with van der Waals surface area (Å²) in [6.07, 6.45) is 1.25. The maximum Gasteiger partial charge on any atom is 0.338 e. The number of nitro benzene ring substituents is 1. The van der Waals surface area contributed by atoms with Gasteiger partial charge in [-0.25, -0.2) is 10.2 Å². The molecular formula is C20H14ClN3O6. The second-order valence-electron chi connectivity index (χ2n) is 5.89. The molecule has 0 aliphatic carbocycles. The molecule has 1 N–H and O–H groups in total. The maximum atomic E-state index is 12.1. The normalized spacial score (nSPS) is 10.7. The van der Waals surface area contributed by atoms with Gasteiger partial charge in [-0.05, 0) is 36.4 Å². The van der Waals surface area contributed by atoms with Crippen molar-refractivity contribution >= 4 is 35.4 Å². The number of halogens is 1. The number of nitrogens with zero attached hydrogens (tertiary/aromatic N) is 2. The van der Waals surface area contributed by atoms with Crippen LogP contribution in [0.2, 0.25) is 5.02 Å². The van der Waals surface area contributed by atoms with Crippen LogP contribution in [-0.4, -0.2) is 30.1 Å². The Morgan fingerprint density at radius 1 is 1.20 bits per heavy atom. The first-order valence-corrected chi connectivity index (χ1v) is 8.83. The molecule has 0 aliphatic heterocycles. The lowest BCUT2D eigenvalue weighted by Crippen LogP contribution is -2.17. The van der Waals surface area contributed by atoms with Crippen molar-refractivity contribution < 1.29 is 23.7 Å². The fourth-order valence-electron chi connectivity index (χ4n) is 2.56. The second kappa shape index (κ2) is 9.01. The number of carbonyl (C=O) groups excluding carboxylic acids is 2. The number of methoxy groups -OCH3 is 1. The molecule has 3 rings (SSSR count). The van der Waals surface area contributed by atoms with Crippen molar-refractivity contribution in [2.45, 2.75) is 0 Å². The zero-order chi connectivity index (χ0) is 21.7. The van der Waals surface area contributed by atoms with E-state index in [1.165, 1.54) is 37.6 Å². The van der Waals surface area contributed by atoms with Crippen LogP contribution in [0.25, 0.3) is 11.3 Å². The minimum absolute atomic E-state index is 0.0862. The zero-order valence-electron chi connectivity index (χ0n) is 15.5. The Balaban J connectivity index is 1.75. The van der Waals surface area contributed by atoms with Crippen molar-refractivity contribution in [3.63, 3.8) is 0 Å². The predicted octanol–water partition coefficient (Wildman–Crippen LogP) is 4.06. The van der Waals surface area contributed by atoms with E-state index in [2.05, 4.69) is 10.5 Å². The van der Waals surface area contributed by atoms with E-state index >= 15 is 0 Å².